The van der Waals surface area contributed by atoms with Crippen LogP contribution in [-0.2, 0) is 129 Å². The average Bonchev–Trinajstić information content (AvgIpc) is 3.10. The van der Waals surface area contributed by atoms with Crippen LogP contribution in [0.25, 0.3) is 16.0 Å². The summed E-state index contributed by atoms with van der Waals surface area (Å²) >= 11 is 0. The Labute approximate surface area is 365 Å². The molecule has 10 heteroatoms. The van der Waals surface area contributed by atoms with Crippen LogP contribution in [0.2, 0.25) is 0 Å². The minimum Gasteiger partial charge on any atom is -0.684 e. The maximum Gasteiger partial charge on any atom is 1.00 e. The second-order valence-electron chi connectivity index (χ2n) is 14.0. The van der Waals surface area contributed by atoms with Crippen LogP contribution in [0.3, 0.4) is 0 Å². The number of aliphatic imine (C=N–C) groups is 3. The summed E-state index contributed by atoms with van der Waals surface area (Å²) in [5.74, 6) is 0. The Morgan fingerprint density at radius 1 is 0.382 bits per heavy atom. The van der Waals surface area contributed by atoms with E-state index in [1.165, 1.54) is 66.8 Å². The molecule has 0 fully saturated rings. The molecule has 0 atom stereocenters. The maximum absolute atomic E-state index is 5.21. The second-order valence-corrected chi connectivity index (χ2v) is 14.0. The first kappa shape index (κ1) is 52.6. The van der Waals surface area contributed by atoms with Gasteiger partial charge in [0.05, 0.1) is 19.6 Å². The van der Waals surface area contributed by atoms with Crippen LogP contribution < -0.4 is 0 Å². The van der Waals surface area contributed by atoms with Crippen LogP contribution in [-0.4, -0.2) is 22.6 Å². The number of allylic oxidation sites excluding steroid dienone is 6. The minimum absolute atomic E-state index is 0. The third kappa shape index (κ3) is 12.8. The third-order valence-corrected chi connectivity index (χ3v) is 10.7. The first-order valence-corrected chi connectivity index (χ1v) is 19.5. The Morgan fingerprint density at radius 2 is 0.582 bits per heavy atom. The van der Waals surface area contributed by atoms with Gasteiger partial charge >= 0.3 is 51.2 Å². The molecule has 55 heavy (non-hydrogen) atoms. The van der Waals surface area contributed by atoms with Crippen LogP contribution in [0.1, 0.15) is 150 Å². The molecule has 5 rings (SSSR count). The molecule has 2 aromatic carbocycles. The molecule has 7 nitrogen and oxygen atoms in total. The molecular formula is C45H65Cu3N6O. The summed E-state index contributed by atoms with van der Waals surface area (Å²) in [6, 6.07) is 0. The molecule has 0 unspecified atom stereocenters. The SMILES string of the molecule is CCc1c2c(CC)c3c(CC)c1CN=C(C)/C=C(/C)[N-]Cc1c(CC)c(c(CC)c(c1CC)C[N-]/C(C)=C\C(C)=NC2)CN=C(C)/C=C(/C)[N-]C3.O.[Cu+].[Cu+].[Cu+]. The van der Waals surface area contributed by atoms with E-state index in [0.717, 1.165) is 72.8 Å². The molecule has 3 aliphatic rings. The van der Waals surface area contributed by atoms with Gasteiger partial charge in [0, 0.05) is 17.1 Å². The van der Waals surface area contributed by atoms with Gasteiger partial charge in [-0.2, -0.15) is 17.1 Å². The number of hydrogen-bond acceptors (Lipinski definition) is 3. The van der Waals surface area contributed by atoms with Crippen molar-refractivity contribution in [3.63, 3.8) is 0 Å². The van der Waals surface area contributed by atoms with Crippen molar-refractivity contribution in [3.05, 3.63) is 118 Å². The normalized spacial score (nSPS) is 17.9. The maximum atomic E-state index is 5.21. The minimum atomic E-state index is 0. The van der Waals surface area contributed by atoms with Gasteiger partial charge in [0.2, 0.25) is 0 Å². The van der Waals surface area contributed by atoms with Gasteiger partial charge in [-0.3, -0.25) is 15.0 Å². The van der Waals surface area contributed by atoms with E-state index in [-0.39, 0.29) is 56.7 Å². The first-order valence-electron chi connectivity index (χ1n) is 19.5. The van der Waals surface area contributed by atoms with E-state index in [1.54, 1.807) is 0 Å². The summed E-state index contributed by atoms with van der Waals surface area (Å²) in [5.41, 5.74) is 22.4. The molecule has 6 bridgehead atoms. The Hall–Kier alpha value is -2.41. The zero-order valence-electron chi connectivity index (χ0n) is 35.3. The molecule has 0 radical (unpaired) electrons. The van der Waals surface area contributed by atoms with E-state index < -0.39 is 0 Å². The number of nitrogens with zero attached hydrogens (tertiary/aromatic N) is 6. The van der Waals surface area contributed by atoms with Crippen LogP contribution >= 0.6 is 0 Å². The van der Waals surface area contributed by atoms with E-state index in [9.17, 15) is 0 Å². The summed E-state index contributed by atoms with van der Waals surface area (Å²) in [6.45, 7) is 30.2. The number of fused-ring (bicyclic) bond motifs is 12. The Balaban J connectivity index is 0.00000729. The fraction of sp³-hybridized carbons (Fsp3) is 0.533. The monoisotopic (exact) mass is 894 g/mol. The van der Waals surface area contributed by atoms with Crippen molar-refractivity contribution in [1.29, 1.82) is 0 Å². The average molecular weight is 897 g/mol. The zero-order valence-corrected chi connectivity index (χ0v) is 38.1. The van der Waals surface area contributed by atoms with Crippen LogP contribution in [0, 0.1) is 0 Å². The van der Waals surface area contributed by atoms with Gasteiger partial charge in [-0.25, -0.2) is 0 Å². The van der Waals surface area contributed by atoms with Crippen LogP contribution in [0.15, 0.2) is 50.3 Å². The quantitative estimate of drug-likeness (QED) is 0.257. The van der Waals surface area contributed by atoms with Gasteiger partial charge in [-0.15, -0.1) is 19.6 Å². The van der Waals surface area contributed by atoms with Crippen molar-refractivity contribution in [1.82, 2.24) is 0 Å². The van der Waals surface area contributed by atoms with E-state index in [1.807, 2.05) is 0 Å². The fourth-order valence-corrected chi connectivity index (χ4v) is 8.29. The number of benzene rings is 2. The number of hydrogen-bond donors (Lipinski definition) is 0. The Morgan fingerprint density at radius 3 is 0.800 bits per heavy atom. The summed E-state index contributed by atoms with van der Waals surface area (Å²) < 4.78 is 0. The molecule has 3 heterocycles. The number of rotatable bonds is 6. The standard InChI is InChI=1S/C45H63N6.3Cu.H2O/c1-13-34-40-22-46-28(7)19-30(9)49-25-43-37(16-4)44-26-50-31(10)20-29(8)47-23-41(34)36(15-3)42(35(40)14-2)24-48-32(11)21-33(12)51-27-45(38(43)17-5)39(44)18-6;;;;/h19-21H,13-18,22-27H2,1-12H3;;;;1H2/q-3;3*+1;/b28-19-,29-20-,33-21-,48-32?,49-30?,50-31?;;;;. The van der Waals surface area contributed by atoms with Crippen molar-refractivity contribution in [2.45, 2.75) is 161 Å². The van der Waals surface area contributed by atoms with E-state index in [4.69, 9.17) is 30.9 Å². The van der Waals surface area contributed by atoms with Crippen LogP contribution in [0.5, 0.6) is 0 Å². The molecular weight excluding hydrogens is 831 g/mol. The van der Waals surface area contributed by atoms with Crippen molar-refractivity contribution < 1.29 is 56.7 Å². The van der Waals surface area contributed by atoms with Crippen molar-refractivity contribution in [2.75, 3.05) is 0 Å². The van der Waals surface area contributed by atoms with Gasteiger partial charge < -0.3 is 21.4 Å². The third-order valence-electron chi connectivity index (χ3n) is 10.7. The van der Waals surface area contributed by atoms with Gasteiger partial charge in [-0.05, 0) is 109 Å². The van der Waals surface area contributed by atoms with Crippen molar-refractivity contribution in [3.8, 4) is 0 Å². The molecule has 0 saturated heterocycles. The smallest absolute Gasteiger partial charge is 0.684 e. The van der Waals surface area contributed by atoms with Gasteiger partial charge in [0.25, 0.3) is 0 Å². The second kappa shape index (κ2) is 25.1. The Kier molecular flexibility index (Phi) is 24.0. The summed E-state index contributed by atoms with van der Waals surface area (Å²) in [7, 11) is 0. The summed E-state index contributed by atoms with van der Waals surface area (Å²) in [5, 5.41) is 15.6. The fourth-order valence-electron chi connectivity index (χ4n) is 8.29. The van der Waals surface area contributed by atoms with Crippen molar-refractivity contribution in [2.24, 2.45) is 15.0 Å². The summed E-state index contributed by atoms with van der Waals surface area (Å²) in [4.78, 5) is 15.6. The van der Waals surface area contributed by atoms with Gasteiger partial charge in [0.1, 0.15) is 0 Å². The van der Waals surface area contributed by atoms with Gasteiger partial charge in [-0.1, -0.05) is 97.2 Å². The molecule has 0 spiro atoms. The molecule has 314 valence electrons. The van der Waals surface area contributed by atoms with E-state index in [2.05, 4.69) is 101 Å². The van der Waals surface area contributed by atoms with Gasteiger partial charge in [0.15, 0.2) is 0 Å². The van der Waals surface area contributed by atoms with Crippen molar-refractivity contribution >= 4 is 17.1 Å². The molecule has 0 aromatic heterocycles. The molecule has 0 saturated carbocycles. The van der Waals surface area contributed by atoms with E-state index in [0.29, 0.717) is 39.3 Å². The molecule has 0 aliphatic carbocycles. The predicted octanol–water partition coefficient (Wildman–Crippen LogP) is 11.2. The molecule has 2 N–H and O–H groups in total. The topological polar surface area (TPSA) is 111 Å². The Bertz CT molecular complexity index is 1700. The largest absolute Gasteiger partial charge is 1.00 e. The van der Waals surface area contributed by atoms with Crippen LogP contribution in [0.4, 0.5) is 0 Å². The van der Waals surface area contributed by atoms with E-state index >= 15 is 0 Å². The first-order chi connectivity index (χ1) is 24.5. The summed E-state index contributed by atoms with van der Waals surface area (Å²) in [6.07, 6.45) is 12.1. The zero-order chi connectivity index (χ0) is 37.2. The molecule has 2 aromatic rings. The molecule has 3 aliphatic heterocycles. The molecule has 0 amide bonds. The predicted molar refractivity (Wildman–Crippen MR) is 226 cm³/mol.